The molecule has 1 aliphatic rings. The highest BCUT2D eigenvalue weighted by Crippen LogP contribution is 2.30. The summed E-state index contributed by atoms with van der Waals surface area (Å²) in [6, 6.07) is 3.95. The lowest BCUT2D eigenvalue weighted by molar-refractivity contribution is -0.121. The van der Waals surface area contributed by atoms with Gasteiger partial charge in [-0.3, -0.25) is 4.79 Å². The van der Waals surface area contributed by atoms with Gasteiger partial charge in [-0.05, 0) is 37.3 Å². The van der Waals surface area contributed by atoms with Crippen molar-refractivity contribution in [2.75, 3.05) is 0 Å². The quantitative estimate of drug-likeness (QED) is 0.777. The number of hydrogen-bond acceptors (Lipinski definition) is 5. The molecule has 0 unspecified atom stereocenters. The fourth-order valence-corrected chi connectivity index (χ4v) is 3.77. The molecule has 124 valence electrons. The van der Waals surface area contributed by atoms with Crippen molar-refractivity contribution in [3.8, 4) is 11.5 Å². The van der Waals surface area contributed by atoms with Gasteiger partial charge in [-0.15, -0.1) is 0 Å². The Kier molecular flexibility index (Phi) is 3.98. The van der Waals surface area contributed by atoms with Crippen molar-refractivity contribution >= 4 is 17.2 Å². The van der Waals surface area contributed by atoms with Crippen LogP contribution in [0.4, 0.5) is 0 Å². The first kappa shape index (κ1) is 15.2. The predicted octanol–water partition coefficient (Wildman–Crippen LogP) is 4.04. The van der Waals surface area contributed by atoms with E-state index in [1.165, 1.54) is 0 Å². The van der Waals surface area contributed by atoms with E-state index in [1.54, 1.807) is 17.6 Å². The Morgan fingerprint density at radius 1 is 1.46 bits per heavy atom. The fraction of sp³-hybridized carbons (Fsp3) is 0.333. The van der Waals surface area contributed by atoms with E-state index in [2.05, 4.69) is 10.3 Å². The first-order chi connectivity index (χ1) is 11.7. The Morgan fingerprint density at radius 3 is 3.21 bits per heavy atom. The highest BCUT2D eigenvalue weighted by Gasteiger charge is 2.24. The van der Waals surface area contributed by atoms with Crippen LogP contribution >= 0.6 is 11.3 Å². The minimum atomic E-state index is -0.0395. The molecule has 0 aromatic carbocycles. The molecule has 1 amide bonds. The summed E-state index contributed by atoms with van der Waals surface area (Å²) < 4.78 is 11.2. The van der Waals surface area contributed by atoms with Gasteiger partial charge in [-0.25, -0.2) is 4.98 Å². The summed E-state index contributed by atoms with van der Waals surface area (Å²) in [4.78, 5) is 16.9. The maximum Gasteiger partial charge on any atom is 0.227 e. The minimum absolute atomic E-state index is 0.0311. The first-order valence-electron chi connectivity index (χ1n) is 8.05. The zero-order valence-electron chi connectivity index (χ0n) is 13.4. The number of oxazole rings is 1. The molecule has 6 heteroatoms. The number of amides is 1. The molecule has 3 heterocycles. The zero-order chi connectivity index (χ0) is 16.5. The fourth-order valence-electron chi connectivity index (χ4n) is 3.14. The lowest BCUT2D eigenvalue weighted by atomic mass is 9.93. The zero-order valence-corrected chi connectivity index (χ0v) is 14.2. The number of aryl methyl sites for hydroxylation is 2. The maximum absolute atomic E-state index is 12.4. The highest BCUT2D eigenvalue weighted by molar-refractivity contribution is 7.08. The van der Waals surface area contributed by atoms with Gasteiger partial charge in [0.1, 0.15) is 11.5 Å². The van der Waals surface area contributed by atoms with Gasteiger partial charge in [0, 0.05) is 22.9 Å². The average Bonchev–Trinajstić information content (AvgIpc) is 3.28. The molecule has 0 saturated heterocycles. The summed E-state index contributed by atoms with van der Waals surface area (Å²) in [5.41, 5.74) is 2.74. The van der Waals surface area contributed by atoms with Crippen LogP contribution in [0.2, 0.25) is 0 Å². The standard InChI is InChI=1S/C18H18N2O3S/c1-11-15(20-18(23-11)12-6-8-24-10-12)9-17(21)19-14-3-2-4-16-13(14)5-7-22-16/h5-8,10,14H,2-4,9H2,1H3,(H,19,21)/t14-/m1/s1. The van der Waals surface area contributed by atoms with Crippen molar-refractivity contribution < 1.29 is 13.6 Å². The molecule has 3 aromatic rings. The summed E-state index contributed by atoms with van der Waals surface area (Å²) in [5.74, 6) is 2.22. The third-order valence-corrected chi connectivity index (χ3v) is 5.06. The molecular weight excluding hydrogens is 324 g/mol. The van der Waals surface area contributed by atoms with Gasteiger partial charge in [0.15, 0.2) is 0 Å². The summed E-state index contributed by atoms with van der Waals surface area (Å²) in [6.07, 6.45) is 4.83. The van der Waals surface area contributed by atoms with Crippen LogP contribution in [0.5, 0.6) is 0 Å². The van der Waals surface area contributed by atoms with Crippen LogP contribution in [0.3, 0.4) is 0 Å². The summed E-state index contributed by atoms with van der Waals surface area (Å²) in [7, 11) is 0. The van der Waals surface area contributed by atoms with E-state index in [4.69, 9.17) is 8.83 Å². The van der Waals surface area contributed by atoms with Gasteiger partial charge in [0.2, 0.25) is 11.8 Å². The Balaban J connectivity index is 1.46. The van der Waals surface area contributed by atoms with Crippen molar-refractivity contribution in [1.29, 1.82) is 0 Å². The summed E-state index contributed by atoms with van der Waals surface area (Å²) in [5, 5.41) is 7.07. The topological polar surface area (TPSA) is 68.3 Å². The molecule has 24 heavy (non-hydrogen) atoms. The third-order valence-electron chi connectivity index (χ3n) is 4.38. The molecule has 0 spiro atoms. The molecule has 0 bridgehead atoms. The smallest absolute Gasteiger partial charge is 0.227 e. The highest BCUT2D eigenvalue weighted by atomic mass is 32.1. The molecule has 4 rings (SSSR count). The largest absolute Gasteiger partial charge is 0.469 e. The van der Waals surface area contributed by atoms with Crippen molar-refractivity contribution in [2.45, 2.75) is 38.6 Å². The van der Waals surface area contributed by atoms with Gasteiger partial charge in [-0.2, -0.15) is 11.3 Å². The second kappa shape index (κ2) is 6.28. The third kappa shape index (κ3) is 2.89. The number of thiophene rings is 1. The Morgan fingerprint density at radius 2 is 2.38 bits per heavy atom. The molecule has 0 fully saturated rings. The summed E-state index contributed by atoms with van der Waals surface area (Å²) in [6.45, 7) is 1.85. The monoisotopic (exact) mass is 342 g/mol. The molecular formula is C18H18N2O3S. The van der Waals surface area contributed by atoms with E-state index in [0.29, 0.717) is 17.3 Å². The average molecular weight is 342 g/mol. The number of furan rings is 1. The van der Waals surface area contributed by atoms with E-state index in [-0.39, 0.29) is 18.4 Å². The van der Waals surface area contributed by atoms with Crippen molar-refractivity contribution in [3.05, 3.63) is 51.9 Å². The maximum atomic E-state index is 12.4. The van der Waals surface area contributed by atoms with Gasteiger partial charge < -0.3 is 14.2 Å². The van der Waals surface area contributed by atoms with Crippen molar-refractivity contribution in [2.24, 2.45) is 0 Å². The number of carbonyl (C=O) groups excluding carboxylic acids is 1. The normalized spacial score (nSPS) is 16.8. The van der Waals surface area contributed by atoms with Crippen LogP contribution in [0.1, 0.15) is 41.7 Å². The lowest BCUT2D eigenvalue weighted by Gasteiger charge is -2.22. The number of hydrogen-bond donors (Lipinski definition) is 1. The van der Waals surface area contributed by atoms with Gasteiger partial charge in [-0.1, -0.05) is 0 Å². The SMILES string of the molecule is Cc1oc(-c2ccsc2)nc1CC(=O)N[C@@H]1CCCc2occc21. The molecule has 1 aliphatic carbocycles. The Bertz CT molecular complexity index is 848. The number of nitrogens with zero attached hydrogens (tertiary/aromatic N) is 1. The van der Waals surface area contributed by atoms with E-state index in [0.717, 1.165) is 36.1 Å². The minimum Gasteiger partial charge on any atom is -0.469 e. The molecule has 0 aliphatic heterocycles. The van der Waals surface area contributed by atoms with Crippen LogP contribution < -0.4 is 5.32 Å². The number of fused-ring (bicyclic) bond motifs is 1. The van der Waals surface area contributed by atoms with E-state index in [9.17, 15) is 4.79 Å². The number of aromatic nitrogens is 1. The molecule has 3 aromatic heterocycles. The van der Waals surface area contributed by atoms with Crippen molar-refractivity contribution in [1.82, 2.24) is 10.3 Å². The molecule has 1 atom stereocenters. The van der Waals surface area contributed by atoms with Crippen LogP contribution in [0.15, 0.2) is 38.0 Å². The Labute approximate surface area is 143 Å². The number of nitrogens with one attached hydrogen (secondary N) is 1. The van der Waals surface area contributed by atoms with Crippen LogP contribution in [-0.4, -0.2) is 10.9 Å². The second-order valence-electron chi connectivity index (χ2n) is 6.02. The number of rotatable bonds is 4. The van der Waals surface area contributed by atoms with Crippen molar-refractivity contribution in [3.63, 3.8) is 0 Å². The number of carbonyl (C=O) groups is 1. The van der Waals surface area contributed by atoms with Gasteiger partial charge in [0.05, 0.1) is 24.4 Å². The van der Waals surface area contributed by atoms with E-state index < -0.39 is 0 Å². The van der Waals surface area contributed by atoms with Crippen LogP contribution in [0.25, 0.3) is 11.5 Å². The van der Waals surface area contributed by atoms with E-state index >= 15 is 0 Å². The molecule has 0 saturated carbocycles. The molecule has 5 nitrogen and oxygen atoms in total. The Hall–Kier alpha value is -2.34. The predicted molar refractivity (Wildman–Crippen MR) is 90.8 cm³/mol. The molecule has 0 radical (unpaired) electrons. The van der Waals surface area contributed by atoms with Gasteiger partial charge >= 0.3 is 0 Å². The van der Waals surface area contributed by atoms with Gasteiger partial charge in [0.25, 0.3) is 0 Å². The molecule has 1 N–H and O–H groups in total. The summed E-state index contributed by atoms with van der Waals surface area (Å²) >= 11 is 1.59. The lowest BCUT2D eigenvalue weighted by Crippen LogP contribution is -2.31. The first-order valence-corrected chi connectivity index (χ1v) is 8.99. The second-order valence-corrected chi connectivity index (χ2v) is 6.80. The van der Waals surface area contributed by atoms with Crippen LogP contribution in [0, 0.1) is 6.92 Å². The van der Waals surface area contributed by atoms with E-state index in [1.807, 2.05) is 29.8 Å². The van der Waals surface area contributed by atoms with Crippen LogP contribution in [-0.2, 0) is 17.6 Å².